The summed E-state index contributed by atoms with van der Waals surface area (Å²) in [6, 6.07) is 17.0. The molecule has 5 nitrogen and oxygen atoms in total. The average molecular weight is 294 g/mol. The fourth-order valence-electron chi connectivity index (χ4n) is 2.25. The number of fused-ring (bicyclic) bond motifs is 1. The van der Waals surface area contributed by atoms with Crippen molar-refractivity contribution in [2.75, 3.05) is 7.11 Å². The third-order valence-corrected chi connectivity index (χ3v) is 3.42. The molecule has 0 aliphatic rings. The number of benzene rings is 2. The van der Waals surface area contributed by atoms with Crippen molar-refractivity contribution in [3.8, 4) is 11.3 Å². The minimum absolute atomic E-state index is 0.198. The summed E-state index contributed by atoms with van der Waals surface area (Å²) in [5, 5.41) is 6.46. The van der Waals surface area contributed by atoms with E-state index in [1.165, 1.54) is 13.2 Å². The van der Waals surface area contributed by atoms with Crippen LogP contribution >= 0.6 is 0 Å². The Morgan fingerprint density at radius 2 is 1.86 bits per heavy atom. The summed E-state index contributed by atoms with van der Waals surface area (Å²) in [7, 11) is 1.28. The Kier molecular flexibility index (Phi) is 3.70. The van der Waals surface area contributed by atoms with Gasteiger partial charge in [-0.05, 0) is 22.9 Å². The van der Waals surface area contributed by atoms with E-state index in [2.05, 4.69) is 9.84 Å². The Hall–Kier alpha value is -2.95. The lowest BCUT2D eigenvalue weighted by atomic mass is 10.1. The molecular formula is C17H14N2O3. The van der Waals surface area contributed by atoms with Crippen LogP contribution in [0, 0.1) is 0 Å². The molecule has 0 N–H and O–H groups in total. The Morgan fingerprint density at radius 3 is 2.64 bits per heavy atom. The zero-order valence-corrected chi connectivity index (χ0v) is 12.0. The minimum atomic E-state index is -0.509. The predicted molar refractivity (Wildman–Crippen MR) is 83.5 cm³/mol. The van der Waals surface area contributed by atoms with Crippen LogP contribution in [-0.2, 0) is 16.1 Å². The lowest BCUT2D eigenvalue weighted by Gasteiger charge is -2.07. The van der Waals surface area contributed by atoms with E-state index < -0.39 is 5.97 Å². The first kappa shape index (κ1) is 14.0. The van der Waals surface area contributed by atoms with Crippen molar-refractivity contribution < 1.29 is 9.53 Å². The molecule has 3 aromatic rings. The molecule has 1 aromatic heterocycles. The maximum atomic E-state index is 11.8. The van der Waals surface area contributed by atoms with Gasteiger partial charge in [0.1, 0.15) is 6.54 Å². The zero-order valence-electron chi connectivity index (χ0n) is 12.0. The maximum absolute atomic E-state index is 11.8. The van der Waals surface area contributed by atoms with Gasteiger partial charge in [-0.1, -0.05) is 36.4 Å². The highest BCUT2D eigenvalue weighted by Crippen LogP contribution is 2.22. The van der Waals surface area contributed by atoms with Crippen LogP contribution in [0.5, 0.6) is 0 Å². The third kappa shape index (κ3) is 2.74. The molecule has 2 aromatic carbocycles. The van der Waals surface area contributed by atoms with E-state index in [0.29, 0.717) is 5.69 Å². The molecule has 0 unspecified atom stereocenters. The summed E-state index contributed by atoms with van der Waals surface area (Å²) < 4.78 is 5.68. The monoisotopic (exact) mass is 294 g/mol. The van der Waals surface area contributed by atoms with Gasteiger partial charge in [0.2, 0.25) is 0 Å². The molecular weight excluding hydrogens is 280 g/mol. The molecule has 0 amide bonds. The first-order valence-corrected chi connectivity index (χ1v) is 6.81. The fourth-order valence-corrected chi connectivity index (χ4v) is 2.25. The predicted octanol–water partition coefficient (Wildman–Crippen LogP) is 2.24. The van der Waals surface area contributed by atoms with Crippen molar-refractivity contribution in [1.82, 2.24) is 9.78 Å². The fraction of sp³-hybridized carbons (Fsp3) is 0.118. The number of carbonyl (C=O) groups excluding carboxylic acids is 1. The normalized spacial score (nSPS) is 10.6. The maximum Gasteiger partial charge on any atom is 0.327 e. The van der Waals surface area contributed by atoms with Crippen LogP contribution in [0.4, 0.5) is 0 Å². The molecule has 1 heterocycles. The Morgan fingerprint density at radius 1 is 1.09 bits per heavy atom. The van der Waals surface area contributed by atoms with Gasteiger partial charge in [-0.3, -0.25) is 9.59 Å². The van der Waals surface area contributed by atoms with Gasteiger partial charge in [0.05, 0.1) is 12.8 Å². The lowest BCUT2D eigenvalue weighted by molar-refractivity contribution is -0.141. The summed E-state index contributed by atoms with van der Waals surface area (Å²) in [4.78, 5) is 23.1. The molecule has 22 heavy (non-hydrogen) atoms. The van der Waals surface area contributed by atoms with E-state index in [-0.39, 0.29) is 12.1 Å². The zero-order chi connectivity index (χ0) is 15.5. The number of aromatic nitrogens is 2. The average Bonchev–Trinajstić information content (AvgIpc) is 2.56. The van der Waals surface area contributed by atoms with Gasteiger partial charge in [0, 0.05) is 11.6 Å². The number of nitrogens with zero attached hydrogens (tertiary/aromatic N) is 2. The van der Waals surface area contributed by atoms with E-state index in [1.54, 1.807) is 6.07 Å². The summed E-state index contributed by atoms with van der Waals surface area (Å²) in [6.45, 7) is -0.198. The van der Waals surface area contributed by atoms with Crippen LogP contribution in [0.15, 0.2) is 59.4 Å². The topological polar surface area (TPSA) is 61.2 Å². The molecule has 0 fully saturated rings. The van der Waals surface area contributed by atoms with E-state index >= 15 is 0 Å². The van der Waals surface area contributed by atoms with E-state index in [9.17, 15) is 9.59 Å². The van der Waals surface area contributed by atoms with E-state index in [4.69, 9.17) is 0 Å². The van der Waals surface area contributed by atoms with Gasteiger partial charge in [0.15, 0.2) is 0 Å². The lowest BCUT2D eigenvalue weighted by Crippen LogP contribution is -2.26. The summed E-state index contributed by atoms with van der Waals surface area (Å²) in [5.41, 5.74) is 1.18. The number of hydrogen-bond acceptors (Lipinski definition) is 4. The van der Waals surface area contributed by atoms with Crippen molar-refractivity contribution >= 4 is 16.7 Å². The largest absolute Gasteiger partial charge is 0.468 e. The second kappa shape index (κ2) is 5.81. The van der Waals surface area contributed by atoms with Gasteiger partial charge < -0.3 is 4.74 Å². The van der Waals surface area contributed by atoms with Crippen LogP contribution in [0.2, 0.25) is 0 Å². The molecule has 0 aliphatic carbocycles. The molecule has 0 bridgehead atoms. The van der Waals surface area contributed by atoms with Crippen LogP contribution < -0.4 is 5.56 Å². The number of methoxy groups -OCH3 is 1. The molecule has 0 atom stereocenters. The quantitative estimate of drug-likeness (QED) is 0.695. The minimum Gasteiger partial charge on any atom is -0.468 e. The van der Waals surface area contributed by atoms with Crippen molar-refractivity contribution in [2.24, 2.45) is 0 Å². The number of hydrogen-bond donors (Lipinski definition) is 0. The highest BCUT2D eigenvalue weighted by molar-refractivity contribution is 5.86. The van der Waals surface area contributed by atoms with Gasteiger partial charge >= 0.3 is 5.97 Å². The van der Waals surface area contributed by atoms with Crippen LogP contribution in [0.25, 0.3) is 22.0 Å². The van der Waals surface area contributed by atoms with E-state index in [1.807, 2.05) is 42.5 Å². The number of ether oxygens (including phenoxy) is 1. The van der Waals surface area contributed by atoms with Crippen LogP contribution in [0.1, 0.15) is 0 Å². The highest BCUT2D eigenvalue weighted by atomic mass is 16.5. The second-order valence-corrected chi connectivity index (χ2v) is 4.85. The van der Waals surface area contributed by atoms with Crippen molar-refractivity contribution in [3.63, 3.8) is 0 Å². The third-order valence-electron chi connectivity index (χ3n) is 3.42. The van der Waals surface area contributed by atoms with Gasteiger partial charge in [-0.15, -0.1) is 0 Å². The van der Waals surface area contributed by atoms with Crippen molar-refractivity contribution in [3.05, 3.63) is 65.0 Å². The summed E-state index contributed by atoms with van der Waals surface area (Å²) in [5.74, 6) is -0.509. The molecule has 0 spiro atoms. The van der Waals surface area contributed by atoms with Crippen LogP contribution in [0.3, 0.4) is 0 Å². The van der Waals surface area contributed by atoms with Crippen molar-refractivity contribution in [1.29, 1.82) is 0 Å². The Bertz CT molecular complexity index is 900. The molecule has 3 rings (SSSR count). The second-order valence-electron chi connectivity index (χ2n) is 4.85. The first-order valence-electron chi connectivity index (χ1n) is 6.81. The van der Waals surface area contributed by atoms with Gasteiger partial charge in [-0.25, -0.2) is 4.68 Å². The highest BCUT2D eigenvalue weighted by Gasteiger charge is 2.08. The Balaban J connectivity index is 2.04. The SMILES string of the molecule is COC(=O)Cn1nc(-c2ccc3ccccc3c2)ccc1=O. The Labute approximate surface area is 126 Å². The van der Waals surface area contributed by atoms with E-state index in [0.717, 1.165) is 21.0 Å². The van der Waals surface area contributed by atoms with Gasteiger partial charge in [-0.2, -0.15) is 5.10 Å². The van der Waals surface area contributed by atoms with Crippen molar-refractivity contribution in [2.45, 2.75) is 6.54 Å². The molecule has 0 aliphatic heterocycles. The molecule has 110 valence electrons. The first-order chi connectivity index (χ1) is 10.7. The number of carbonyl (C=O) groups is 1. The molecule has 5 heteroatoms. The molecule has 0 radical (unpaired) electrons. The smallest absolute Gasteiger partial charge is 0.327 e. The van der Waals surface area contributed by atoms with Crippen LogP contribution in [-0.4, -0.2) is 22.9 Å². The number of esters is 1. The molecule has 0 saturated carbocycles. The summed E-state index contributed by atoms with van der Waals surface area (Å²) >= 11 is 0. The standard InChI is InChI=1S/C17H14N2O3/c1-22-17(21)11-19-16(20)9-8-15(18-19)14-7-6-12-4-2-3-5-13(12)10-14/h2-10H,11H2,1H3. The van der Waals surface area contributed by atoms with Gasteiger partial charge in [0.25, 0.3) is 5.56 Å². The molecule has 0 saturated heterocycles. The number of rotatable bonds is 3. The summed E-state index contributed by atoms with van der Waals surface area (Å²) in [6.07, 6.45) is 0.